The highest BCUT2D eigenvalue weighted by molar-refractivity contribution is 5.89. The van der Waals surface area contributed by atoms with E-state index in [9.17, 15) is 23.1 Å². The zero-order valence-corrected chi connectivity index (χ0v) is 17.0. The number of piperidine rings is 1. The maximum atomic E-state index is 12.3. The van der Waals surface area contributed by atoms with Crippen LogP contribution in [0.3, 0.4) is 0 Å². The van der Waals surface area contributed by atoms with E-state index in [0.717, 1.165) is 37.2 Å². The number of hydrogen-bond acceptors (Lipinski definition) is 4. The van der Waals surface area contributed by atoms with Crippen molar-refractivity contribution in [3.05, 3.63) is 54.1 Å². The number of aliphatic hydroxyl groups excluding tert-OH is 1. The molecule has 9 heteroatoms. The minimum atomic E-state index is -4.42. The number of carbonyl (C=O) groups excluding carboxylic acids is 1. The molecule has 1 fully saturated rings. The van der Waals surface area contributed by atoms with Crippen molar-refractivity contribution in [2.45, 2.75) is 25.6 Å². The molecular weight excluding hydrogens is 411 g/mol. The molecule has 2 aromatic carbocycles. The van der Waals surface area contributed by atoms with Gasteiger partial charge in [0.2, 0.25) is 0 Å². The Kier molecular flexibility index (Phi) is 7.62. The molecule has 3 rings (SSSR count). The highest BCUT2D eigenvalue weighted by Crippen LogP contribution is 2.24. The molecule has 1 aliphatic heterocycles. The van der Waals surface area contributed by atoms with Crippen molar-refractivity contribution in [2.24, 2.45) is 5.92 Å². The Morgan fingerprint density at radius 3 is 2.48 bits per heavy atom. The highest BCUT2D eigenvalue weighted by atomic mass is 19.4. The van der Waals surface area contributed by atoms with Crippen LogP contribution < -0.4 is 20.3 Å². The minimum absolute atomic E-state index is 0.0220. The topological polar surface area (TPSA) is 73.8 Å². The smallest absolute Gasteiger partial charge is 0.422 e. The fourth-order valence-electron chi connectivity index (χ4n) is 3.38. The quantitative estimate of drug-likeness (QED) is 0.608. The Bertz CT molecular complexity index is 851. The number of amides is 2. The molecule has 0 unspecified atom stereocenters. The number of ether oxygens (including phenoxy) is 1. The molecule has 0 saturated carbocycles. The van der Waals surface area contributed by atoms with Crippen molar-refractivity contribution in [3.63, 3.8) is 0 Å². The molecule has 2 amide bonds. The van der Waals surface area contributed by atoms with Crippen LogP contribution in [-0.4, -0.2) is 43.6 Å². The molecule has 1 aliphatic rings. The SMILES string of the molecule is O=C(NCc1ccc(N2CCC(CO)CC2)cc1)Nc1cccc(OCC(F)(F)F)c1. The van der Waals surface area contributed by atoms with Gasteiger partial charge in [0.25, 0.3) is 0 Å². The number of nitrogens with zero attached hydrogens (tertiary/aromatic N) is 1. The Balaban J connectivity index is 1.45. The molecule has 0 bridgehead atoms. The number of anilines is 2. The van der Waals surface area contributed by atoms with Gasteiger partial charge in [-0.05, 0) is 48.6 Å². The molecule has 6 nitrogen and oxygen atoms in total. The van der Waals surface area contributed by atoms with E-state index in [-0.39, 0.29) is 12.4 Å². The van der Waals surface area contributed by atoms with Crippen LogP contribution in [0.15, 0.2) is 48.5 Å². The van der Waals surface area contributed by atoms with Crippen LogP contribution in [-0.2, 0) is 6.54 Å². The van der Waals surface area contributed by atoms with Gasteiger partial charge in [-0.1, -0.05) is 18.2 Å². The van der Waals surface area contributed by atoms with Crippen molar-refractivity contribution in [1.82, 2.24) is 5.32 Å². The monoisotopic (exact) mass is 437 g/mol. The van der Waals surface area contributed by atoms with Crippen LogP contribution in [0.5, 0.6) is 5.75 Å². The predicted octanol–water partition coefficient (Wildman–Crippen LogP) is 4.16. The molecule has 0 aliphatic carbocycles. The second-order valence-corrected chi connectivity index (χ2v) is 7.52. The van der Waals surface area contributed by atoms with E-state index in [1.165, 1.54) is 18.2 Å². The number of carbonyl (C=O) groups is 1. The zero-order valence-electron chi connectivity index (χ0n) is 17.0. The average molecular weight is 437 g/mol. The van der Waals surface area contributed by atoms with Crippen LogP contribution in [0.2, 0.25) is 0 Å². The fraction of sp³-hybridized carbons (Fsp3) is 0.409. The van der Waals surface area contributed by atoms with E-state index in [0.29, 0.717) is 18.2 Å². The summed E-state index contributed by atoms with van der Waals surface area (Å²) in [5, 5.41) is 14.5. The maximum Gasteiger partial charge on any atom is 0.422 e. The summed E-state index contributed by atoms with van der Waals surface area (Å²) in [5.41, 5.74) is 2.37. The third kappa shape index (κ3) is 7.36. The van der Waals surface area contributed by atoms with Crippen LogP contribution >= 0.6 is 0 Å². The lowest BCUT2D eigenvalue weighted by Crippen LogP contribution is -2.34. The number of rotatable bonds is 7. The Morgan fingerprint density at radius 1 is 1.13 bits per heavy atom. The number of hydrogen-bond donors (Lipinski definition) is 3. The molecule has 3 N–H and O–H groups in total. The predicted molar refractivity (Wildman–Crippen MR) is 112 cm³/mol. The van der Waals surface area contributed by atoms with Crippen LogP contribution in [0.4, 0.5) is 29.3 Å². The third-order valence-electron chi connectivity index (χ3n) is 5.12. The van der Waals surface area contributed by atoms with E-state index < -0.39 is 18.8 Å². The Morgan fingerprint density at radius 2 is 1.84 bits per heavy atom. The fourth-order valence-corrected chi connectivity index (χ4v) is 3.38. The van der Waals surface area contributed by atoms with Crippen molar-refractivity contribution >= 4 is 17.4 Å². The van der Waals surface area contributed by atoms with Crippen LogP contribution in [0.1, 0.15) is 18.4 Å². The van der Waals surface area contributed by atoms with Gasteiger partial charge in [-0.2, -0.15) is 13.2 Å². The molecule has 2 aromatic rings. The summed E-state index contributed by atoms with van der Waals surface area (Å²) in [4.78, 5) is 14.4. The number of nitrogens with one attached hydrogen (secondary N) is 2. The summed E-state index contributed by atoms with van der Waals surface area (Å²) in [6, 6.07) is 13.2. The van der Waals surface area contributed by atoms with Crippen molar-refractivity contribution < 1.29 is 27.8 Å². The first-order valence-corrected chi connectivity index (χ1v) is 10.1. The number of halogens is 3. The number of aliphatic hydroxyl groups is 1. The molecule has 0 radical (unpaired) electrons. The summed E-state index contributed by atoms with van der Waals surface area (Å²) >= 11 is 0. The van der Waals surface area contributed by atoms with Crippen LogP contribution in [0, 0.1) is 5.92 Å². The Hall–Kier alpha value is -2.94. The second kappa shape index (κ2) is 10.4. The lowest BCUT2D eigenvalue weighted by atomic mass is 9.97. The Labute approximate surface area is 179 Å². The van der Waals surface area contributed by atoms with Gasteiger partial charge < -0.3 is 25.4 Å². The average Bonchev–Trinajstić information content (AvgIpc) is 2.76. The van der Waals surface area contributed by atoms with Crippen molar-refractivity contribution in [2.75, 3.05) is 36.5 Å². The first-order valence-electron chi connectivity index (χ1n) is 10.1. The highest BCUT2D eigenvalue weighted by Gasteiger charge is 2.28. The first-order chi connectivity index (χ1) is 14.8. The number of urea groups is 1. The van der Waals surface area contributed by atoms with Gasteiger partial charge in [0.05, 0.1) is 0 Å². The zero-order chi connectivity index (χ0) is 22.3. The van der Waals surface area contributed by atoms with Gasteiger partial charge >= 0.3 is 12.2 Å². The molecule has 0 spiro atoms. The van der Waals surface area contributed by atoms with Gasteiger partial charge in [-0.15, -0.1) is 0 Å². The van der Waals surface area contributed by atoms with Gasteiger partial charge in [0, 0.05) is 43.7 Å². The molecule has 0 atom stereocenters. The summed E-state index contributed by atoms with van der Waals surface area (Å²) < 4.78 is 41.5. The van der Waals surface area contributed by atoms with Gasteiger partial charge in [0.15, 0.2) is 6.61 Å². The maximum absolute atomic E-state index is 12.3. The number of alkyl halides is 3. The molecule has 0 aromatic heterocycles. The summed E-state index contributed by atoms with van der Waals surface area (Å²) in [7, 11) is 0. The van der Waals surface area contributed by atoms with E-state index in [2.05, 4.69) is 20.3 Å². The molecule has 1 heterocycles. The standard InChI is InChI=1S/C22H26F3N3O3/c23-22(24,25)15-31-20-3-1-2-18(12-20)27-21(30)26-13-16-4-6-19(7-5-16)28-10-8-17(14-29)9-11-28/h1-7,12,17,29H,8-11,13-15H2,(H2,26,27,30). The molecule has 31 heavy (non-hydrogen) atoms. The normalized spacial score (nSPS) is 14.9. The summed E-state index contributed by atoms with van der Waals surface area (Å²) in [6.07, 6.45) is -2.48. The second-order valence-electron chi connectivity index (χ2n) is 7.52. The summed E-state index contributed by atoms with van der Waals surface area (Å²) in [6.45, 7) is 0.987. The molecule has 1 saturated heterocycles. The van der Waals surface area contributed by atoms with E-state index >= 15 is 0 Å². The van der Waals surface area contributed by atoms with Gasteiger partial charge in [-0.25, -0.2) is 4.79 Å². The molecular formula is C22H26F3N3O3. The van der Waals surface area contributed by atoms with E-state index in [1.54, 1.807) is 6.07 Å². The molecule has 168 valence electrons. The summed E-state index contributed by atoms with van der Waals surface area (Å²) in [5.74, 6) is 0.406. The largest absolute Gasteiger partial charge is 0.484 e. The van der Waals surface area contributed by atoms with Crippen LogP contribution in [0.25, 0.3) is 0 Å². The van der Waals surface area contributed by atoms with Crippen molar-refractivity contribution in [1.29, 1.82) is 0 Å². The lowest BCUT2D eigenvalue weighted by molar-refractivity contribution is -0.153. The first kappa shape index (κ1) is 22.7. The third-order valence-corrected chi connectivity index (χ3v) is 5.12. The van der Waals surface area contributed by atoms with E-state index in [4.69, 9.17) is 0 Å². The van der Waals surface area contributed by atoms with Crippen molar-refractivity contribution in [3.8, 4) is 5.75 Å². The lowest BCUT2D eigenvalue weighted by Gasteiger charge is -2.33. The van der Waals surface area contributed by atoms with Gasteiger partial charge in [0.1, 0.15) is 5.75 Å². The number of benzene rings is 2. The van der Waals surface area contributed by atoms with E-state index in [1.807, 2.05) is 24.3 Å². The van der Waals surface area contributed by atoms with Gasteiger partial charge in [-0.3, -0.25) is 0 Å². The minimum Gasteiger partial charge on any atom is -0.484 e.